The van der Waals surface area contributed by atoms with Gasteiger partial charge in [0.25, 0.3) is 0 Å². The number of benzene rings is 1. The smallest absolute Gasteiger partial charge is 0.134 e. The molecule has 0 radical (unpaired) electrons. The highest BCUT2D eigenvalue weighted by atomic mass is 19.1. The van der Waals surface area contributed by atoms with Crippen LogP contribution in [0.3, 0.4) is 0 Å². The molecule has 0 saturated heterocycles. The molecule has 0 saturated carbocycles. The van der Waals surface area contributed by atoms with Crippen molar-refractivity contribution >= 4 is 6.21 Å². The monoisotopic (exact) mass is 169 g/mol. The lowest BCUT2D eigenvalue weighted by molar-refractivity contribution is 0.582. The van der Waals surface area contributed by atoms with Crippen molar-refractivity contribution in [3.8, 4) is 0 Å². The molecule has 64 valence electrons. The number of aliphatic imine (C=N–C) groups is 1. The lowest BCUT2D eigenvalue weighted by Gasteiger charge is -1.94. The van der Waals surface area contributed by atoms with Gasteiger partial charge in [0.15, 0.2) is 0 Å². The number of halogens is 2. The first kappa shape index (κ1) is 8.84. The zero-order valence-corrected chi connectivity index (χ0v) is 6.72. The summed E-state index contributed by atoms with van der Waals surface area (Å²) in [5, 5.41) is 0. The van der Waals surface area contributed by atoms with Gasteiger partial charge in [-0.05, 0) is 19.1 Å². The molecular formula is C9H9F2N. The molecule has 0 atom stereocenters. The van der Waals surface area contributed by atoms with E-state index in [0.717, 1.165) is 6.07 Å². The van der Waals surface area contributed by atoms with Crippen LogP contribution in [0.15, 0.2) is 23.2 Å². The highest BCUT2D eigenvalue weighted by Crippen LogP contribution is 2.06. The third kappa shape index (κ3) is 2.12. The molecule has 3 heteroatoms. The van der Waals surface area contributed by atoms with Gasteiger partial charge in [0.05, 0.1) is 0 Å². The first-order valence-corrected chi connectivity index (χ1v) is 3.69. The van der Waals surface area contributed by atoms with Crippen LogP contribution in [-0.4, -0.2) is 12.8 Å². The molecule has 0 heterocycles. The van der Waals surface area contributed by atoms with E-state index in [9.17, 15) is 8.78 Å². The van der Waals surface area contributed by atoms with Gasteiger partial charge >= 0.3 is 0 Å². The van der Waals surface area contributed by atoms with Crippen LogP contribution in [0.4, 0.5) is 8.78 Å². The molecule has 0 aliphatic heterocycles. The van der Waals surface area contributed by atoms with Crippen LogP contribution < -0.4 is 0 Å². The van der Waals surface area contributed by atoms with Gasteiger partial charge in [0.1, 0.15) is 11.6 Å². The van der Waals surface area contributed by atoms with Crippen molar-refractivity contribution in [3.63, 3.8) is 0 Å². The van der Waals surface area contributed by atoms with Crippen molar-refractivity contribution < 1.29 is 8.78 Å². The van der Waals surface area contributed by atoms with Gasteiger partial charge in [-0.25, -0.2) is 8.78 Å². The van der Waals surface area contributed by atoms with Crippen molar-refractivity contribution in [2.24, 2.45) is 4.99 Å². The van der Waals surface area contributed by atoms with Crippen molar-refractivity contribution in [1.82, 2.24) is 0 Å². The molecule has 0 aliphatic carbocycles. The minimum absolute atomic E-state index is 0.318. The maximum Gasteiger partial charge on any atom is 0.134 e. The highest BCUT2D eigenvalue weighted by molar-refractivity contribution is 5.79. The van der Waals surface area contributed by atoms with Crippen LogP contribution in [0.5, 0.6) is 0 Å². The molecular weight excluding hydrogens is 160 g/mol. The Kier molecular flexibility index (Phi) is 2.91. The average molecular weight is 169 g/mol. The summed E-state index contributed by atoms with van der Waals surface area (Å²) in [5.41, 5.74) is 0.318. The molecule has 0 unspecified atom stereocenters. The first-order valence-electron chi connectivity index (χ1n) is 3.69. The Labute approximate surface area is 69.8 Å². The van der Waals surface area contributed by atoms with E-state index < -0.39 is 11.6 Å². The van der Waals surface area contributed by atoms with E-state index in [-0.39, 0.29) is 0 Å². The van der Waals surface area contributed by atoms with Gasteiger partial charge in [0, 0.05) is 24.4 Å². The predicted molar refractivity (Wildman–Crippen MR) is 44.5 cm³/mol. The van der Waals surface area contributed by atoms with Crippen LogP contribution in [0.2, 0.25) is 0 Å². The normalized spacial score (nSPS) is 10.9. The van der Waals surface area contributed by atoms with Crippen LogP contribution in [0, 0.1) is 11.6 Å². The van der Waals surface area contributed by atoms with Crippen molar-refractivity contribution in [1.29, 1.82) is 0 Å². The fourth-order valence-electron chi connectivity index (χ4n) is 0.796. The standard InChI is InChI=1S/C9H9F2N/c1-2-12-6-7-3-4-8(10)5-9(7)11/h3-6H,2H2,1H3/b12-6+. The fourth-order valence-corrected chi connectivity index (χ4v) is 0.796. The van der Waals surface area contributed by atoms with Gasteiger partial charge in [0.2, 0.25) is 0 Å². The molecule has 0 amide bonds. The summed E-state index contributed by atoms with van der Waals surface area (Å²) in [6, 6.07) is 3.42. The quantitative estimate of drug-likeness (QED) is 0.603. The highest BCUT2D eigenvalue weighted by Gasteiger charge is 1.99. The number of rotatable bonds is 2. The van der Waals surface area contributed by atoms with Gasteiger partial charge < -0.3 is 0 Å². The fraction of sp³-hybridized carbons (Fsp3) is 0.222. The predicted octanol–water partition coefficient (Wildman–Crippen LogP) is 2.40. The molecule has 0 aromatic heterocycles. The Bertz CT molecular complexity index is 295. The van der Waals surface area contributed by atoms with E-state index in [1.807, 2.05) is 6.92 Å². The SMILES string of the molecule is CC/N=C/c1ccc(F)cc1F. The van der Waals surface area contributed by atoms with Gasteiger partial charge in [-0.3, -0.25) is 4.99 Å². The third-order valence-electron chi connectivity index (χ3n) is 1.38. The van der Waals surface area contributed by atoms with Crippen LogP contribution in [-0.2, 0) is 0 Å². The first-order chi connectivity index (χ1) is 5.74. The Morgan fingerprint density at radius 2 is 2.17 bits per heavy atom. The van der Waals surface area contributed by atoms with Crippen molar-refractivity contribution in [3.05, 3.63) is 35.4 Å². The van der Waals surface area contributed by atoms with Gasteiger partial charge in [-0.1, -0.05) is 0 Å². The molecule has 1 rings (SSSR count). The molecule has 12 heavy (non-hydrogen) atoms. The lowest BCUT2D eigenvalue weighted by Crippen LogP contribution is -1.89. The van der Waals surface area contributed by atoms with E-state index in [1.165, 1.54) is 18.3 Å². The Morgan fingerprint density at radius 1 is 1.42 bits per heavy atom. The van der Waals surface area contributed by atoms with E-state index in [4.69, 9.17) is 0 Å². The van der Waals surface area contributed by atoms with Crippen LogP contribution >= 0.6 is 0 Å². The number of hydrogen-bond acceptors (Lipinski definition) is 1. The number of nitrogens with zero attached hydrogens (tertiary/aromatic N) is 1. The maximum absolute atomic E-state index is 12.8. The minimum Gasteiger partial charge on any atom is -0.293 e. The van der Waals surface area contributed by atoms with Gasteiger partial charge in [-0.15, -0.1) is 0 Å². The zero-order valence-electron chi connectivity index (χ0n) is 6.72. The Hall–Kier alpha value is -1.25. The molecule has 0 aliphatic rings. The Balaban J connectivity index is 2.94. The zero-order chi connectivity index (χ0) is 8.97. The molecule has 1 aromatic rings. The summed E-state index contributed by atoms with van der Waals surface area (Å²) in [4.78, 5) is 3.85. The molecule has 0 N–H and O–H groups in total. The van der Waals surface area contributed by atoms with Crippen molar-refractivity contribution in [2.75, 3.05) is 6.54 Å². The van der Waals surface area contributed by atoms with Crippen LogP contribution in [0.1, 0.15) is 12.5 Å². The second kappa shape index (κ2) is 3.95. The average Bonchev–Trinajstić information content (AvgIpc) is 2.03. The third-order valence-corrected chi connectivity index (χ3v) is 1.38. The molecule has 1 aromatic carbocycles. The summed E-state index contributed by atoms with van der Waals surface area (Å²) in [5.74, 6) is -1.15. The summed E-state index contributed by atoms with van der Waals surface area (Å²) in [6.45, 7) is 2.44. The summed E-state index contributed by atoms with van der Waals surface area (Å²) in [7, 11) is 0. The largest absolute Gasteiger partial charge is 0.293 e. The van der Waals surface area contributed by atoms with E-state index in [0.29, 0.717) is 12.1 Å². The van der Waals surface area contributed by atoms with E-state index in [1.54, 1.807) is 0 Å². The van der Waals surface area contributed by atoms with E-state index >= 15 is 0 Å². The van der Waals surface area contributed by atoms with Crippen LogP contribution in [0.25, 0.3) is 0 Å². The second-order valence-corrected chi connectivity index (χ2v) is 2.29. The molecule has 0 spiro atoms. The molecule has 0 bridgehead atoms. The lowest BCUT2D eigenvalue weighted by atomic mass is 10.2. The topological polar surface area (TPSA) is 12.4 Å². The molecule has 0 fully saturated rings. The number of hydrogen-bond donors (Lipinski definition) is 0. The Morgan fingerprint density at radius 3 is 2.75 bits per heavy atom. The second-order valence-electron chi connectivity index (χ2n) is 2.29. The van der Waals surface area contributed by atoms with Crippen molar-refractivity contribution in [2.45, 2.75) is 6.92 Å². The molecule has 1 nitrogen and oxygen atoms in total. The summed E-state index contributed by atoms with van der Waals surface area (Å²) in [6.07, 6.45) is 1.40. The van der Waals surface area contributed by atoms with E-state index in [2.05, 4.69) is 4.99 Å². The minimum atomic E-state index is -0.577. The summed E-state index contributed by atoms with van der Waals surface area (Å²) >= 11 is 0. The summed E-state index contributed by atoms with van der Waals surface area (Å²) < 4.78 is 25.2. The maximum atomic E-state index is 12.8. The van der Waals surface area contributed by atoms with Gasteiger partial charge in [-0.2, -0.15) is 0 Å².